The number of benzene rings is 1. The lowest BCUT2D eigenvalue weighted by atomic mass is 10.0. The Kier molecular flexibility index (Phi) is 5.37. The van der Waals surface area contributed by atoms with Crippen LogP contribution in [0.4, 0.5) is 4.79 Å². The lowest BCUT2D eigenvalue weighted by Crippen LogP contribution is -2.35. The Labute approximate surface area is 124 Å². The summed E-state index contributed by atoms with van der Waals surface area (Å²) in [5.41, 5.74) is 0.693. The van der Waals surface area contributed by atoms with Gasteiger partial charge in [0.05, 0.1) is 12.5 Å². The monoisotopic (exact) mass is 289 g/mol. The molecular formula is C16H19NO4. The molecule has 21 heavy (non-hydrogen) atoms. The fourth-order valence-electron chi connectivity index (χ4n) is 1.69. The van der Waals surface area contributed by atoms with Crippen LogP contribution in [0, 0.1) is 12.3 Å². The molecule has 0 aromatic heterocycles. The molecule has 0 aliphatic rings. The predicted octanol–water partition coefficient (Wildman–Crippen LogP) is 2.71. The fourth-order valence-corrected chi connectivity index (χ4v) is 1.69. The molecule has 5 nitrogen and oxygen atoms in total. The maximum absolute atomic E-state index is 11.8. The van der Waals surface area contributed by atoms with Gasteiger partial charge in [-0.1, -0.05) is 18.1 Å². The van der Waals surface area contributed by atoms with Crippen LogP contribution < -0.4 is 5.32 Å². The third kappa shape index (κ3) is 6.00. The number of carboxylic acid groups (broad SMARTS) is 1. The first-order chi connectivity index (χ1) is 9.71. The number of carbonyl (C=O) groups is 2. The molecule has 0 bridgehead atoms. The van der Waals surface area contributed by atoms with Crippen LogP contribution in [0.3, 0.4) is 0 Å². The number of terminal acetylenes is 1. The standard InChI is InChI=1S/C16H19NO4/c1-5-11-6-8-12(9-7-11)13(10-14(18)19)17-15(20)21-16(2,3)4/h1,6-9,13H,10H2,2-4H3,(H,17,20)(H,18,19)/t13-/m1/s1. The largest absolute Gasteiger partial charge is 0.481 e. The highest BCUT2D eigenvalue weighted by atomic mass is 16.6. The first-order valence-corrected chi connectivity index (χ1v) is 6.49. The molecule has 0 spiro atoms. The zero-order valence-corrected chi connectivity index (χ0v) is 12.3. The van der Waals surface area contributed by atoms with E-state index in [2.05, 4.69) is 11.2 Å². The molecule has 0 saturated carbocycles. The third-order valence-corrected chi connectivity index (χ3v) is 2.55. The van der Waals surface area contributed by atoms with Gasteiger partial charge in [-0.2, -0.15) is 0 Å². The Balaban J connectivity index is 2.87. The third-order valence-electron chi connectivity index (χ3n) is 2.55. The second-order valence-electron chi connectivity index (χ2n) is 5.56. The summed E-state index contributed by atoms with van der Waals surface area (Å²) in [6, 6.07) is 6.10. The lowest BCUT2D eigenvalue weighted by molar-refractivity contribution is -0.137. The maximum atomic E-state index is 11.8. The molecule has 1 rings (SSSR count). The first kappa shape index (κ1) is 16.6. The minimum Gasteiger partial charge on any atom is -0.481 e. The molecule has 112 valence electrons. The molecule has 0 radical (unpaired) electrons. The highest BCUT2D eigenvalue weighted by molar-refractivity contribution is 5.72. The van der Waals surface area contributed by atoms with Gasteiger partial charge in [0.1, 0.15) is 5.60 Å². The first-order valence-electron chi connectivity index (χ1n) is 6.49. The summed E-state index contributed by atoms with van der Waals surface area (Å²) in [5.74, 6) is 1.46. The van der Waals surface area contributed by atoms with Gasteiger partial charge in [-0.25, -0.2) is 4.79 Å². The Morgan fingerprint density at radius 2 is 1.90 bits per heavy atom. The van der Waals surface area contributed by atoms with Crippen molar-refractivity contribution >= 4 is 12.1 Å². The van der Waals surface area contributed by atoms with Crippen molar-refractivity contribution in [3.8, 4) is 12.3 Å². The van der Waals surface area contributed by atoms with E-state index in [1.54, 1.807) is 45.0 Å². The summed E-state index contributed by atoms with van der Waals surface area (Å²) in [5, 5.41) is 11.5. The van der Waals surface area contributed by atoms with E-state index in [4.69, 9.17) is 16.3 Å². The van der Waals surface area contributed by atoms with Crippen LogP contribution in [0.25, 0.3) is 0 Å². The van der Waals surface area contributed by atoms with E-state index in [1.165, 1.54) is 0 Å². The van der Waals surface area contributed by atoms with Gasteiger partial charge in [0.2, 0.25) is 0 Å². The van der Waals surface area contributed by atoms with Gasteiger partial charge in [-0.3, -0.25) is 4.79 Å². The summed E-state index contributed by atoms with van der Waals surface area (Å²) in [7, 11) is 0. The summed E-state index contributed by atoms with van der Waals surface area (Å²) in [6.45, 7) is 5.21. The average molecular weight is 289 g/mol. The zero-order valence-electron chi connectivity index (χ0n) is 12.3. The highest BCUT2D eigenvalue weighted by Gasteiger charge is 2.22. The van der Waals surface area contributed by atoms with Crippen molar-refractivity contribution in [2.75, 3.05) is 0 Å². The SMILES string of the molecule is C#Cc1ccc([C@@H](CC(=O)O)NC(=O)OC(C)(C)C)cc1. The van der Waals surface area contributed by atoms with Crippen LogP contribution in [0.2, 0.25) is 0 Å². The van der Waals surface area contributed by atoms with Gasteiger partial charge in [0, 0.05) is 5.56 Å². The van der Waals surface area contributed by atoms with Crippen LogP contribution in [-0.4, -0.2) is 22.8 Å². The molecule has 2 N–H and O–H groups in total. The van der Waals surface area contributed by atoms with Crippen molar-refractivity contribution < 1.29 is 19.4 Å². The lowest BCUT2D eigenvalue weighted by Gasteiger charge is -2.23. The molecule has 5 heteroatoms. The number of hydrogen-bond acceptors (Lipinski definition) is 3. The van der Waals surface area contributed by atoms with Crippen LogP contribution >= 0.6 is 0 Å². The van der Waals surface area contributed by atoms with E-state index < -0.39 is 23.7 Å². The number of carboxylic acids is 1. The minimum absolute atomic E-state index is 0.241. The van der Waals surface area contributed by atoms with E-state index in [0.29, 0.717) is 11.1 Å². The molecule has 0 heterocycles. The molecule has 1 aromatic carbocycles. The number of ether oxygens (including phenoxy) is 1. The Bertz CT molecular complexity index is 549. The summed E-state index contributed by atoms with van der Waals surface area (Å²) >= 11 is 0. The number of alkyl carbamates (subject to hydrolysis) is 1. The molecule has 1 atom stereocenters. The molecule has 0 unspecified atom stereocenters. The zero-order chi connectivity index (χ0) is 16.0. The van der Waals surface area contributed by atoms with Gasteiger partial charge in [0.15, 0.2) is 0 Å². The molecule has 1 amide bonds. The number of nitrogens with one attached hydrogen (secondary N) is 1. The van der Waals surface area contributed by atoms with E-state index in [1.807, 2.05) is 0 Å². The summed E-state index contributed by atoms with van der Waals surface area (Å²) in [4.78, 5) is 22.7. The van der Waals surface area contributed by atoms with E-state index in [9.17, 15) is 9.59 Å². The fraction of sp³-hybridized carbons (Fsp3) is 0.375. The van der Waals surface area contributed by atoms with Crippen LogP contribution in [0.5, 0.6) is 0 Å². The van der Waals surface area contributed by atoms with Crippen molar-refractivity contribution in [1.82, 2.24) is 5.32 Å². The number of aliphatic carboxylic acids is 1. The van der Waals surface area contributed by atoms with Gasteiger partial charge in [-0.15, -0.1) is 6.42 Å². The molecule has 0 saturated heterocycles. The van der Waals surface area contributed by atoms with E-state index in [0.717, 1.165) is 0 Å². The van der Waals surface area contributed by atoms with Crippen molar-refractivity contribution in [1.29, 1.82) is 0 Å². The van der Waals surface area contributed by atoms with Gasteiger partial charge in [-0.05, 0) is 38.5 Å². The Morgan fingerprint density at radius 3 is 2.33 bits per heavy atom. The normalized spacial score (nSPS) is 12.1. The molecular weight excluding hydrogens is 270 g/mol. The summed E-state index contributed by atoms with van der Waals surface area (Å²) in [6.07, 6.45) is 4.37. The quantitative estimate of drug-likeness (QED) is 0.836. The van der Waals surface area contributed by atoms with E-state index in [-0.39, 0.29) is 6.42 Å². The van der Waals surface area contributed by atoms with Gasteiger partial charge in [0.25, 0.3) is 0 Å². The van der Waals surface area contributed by atoms with E-state index >= 15 is 0 Å². The molecule has 0 aliphatic carbocycles. The van der Waals surface area contributed by atoms with Gasteiger partial charge >= 0.3 is 12.1 Å². The number of rotatable bonds is 4. The average Bonchev–Trinajstić information content (AvgIpc) is 2.35. The van der Waals surface area contributed by atoms with Crippen LogP contribution in [-0.2, 0) is 9.53 Å². The molecule has 0 fully saturated rings. The second-order valence-corrected chi connectivity index (χ2v) is 5.56. The van der Waals surface area contributed by atoms with Gasteiger partial charge < -0.3 is 15.2 Å². The minimum atomic E-state index is -1.02. The smallest absolute Gasteiger partial charge is 0.408 e. The van der Waals surface area contributed by atoms with Crippen LogP contribution in [0.1, 0.15) is 44.4 Å². The number of amides is 1. The maximum Gasteiger partial charge on any atom is 0.408 e. The van der Waals surface area contributed by atoms with Crippen molar-refractivity contribution in [2.24, 2.45) is 0 Å². The van der Waals surface area contributed by atoms with Crippen LogP contribution in [0.15, 0.2) is 24.3 Å². The Morgan fingerprint density at radius 1 is 1.33 bits per heavy atom. The van der Waals surface area contributed by atoms with Crippen molar-refractivity contribution in [2.45, 2.75) is 38.8 Å². The number of hydrogen-bond donors (Lipinski definition) is 2. The number of carbonyl (C=O) groups excluding carboxylic acids is 1. The Hall–Kier alpha value is -2.48. The predicted molar refractivity (Wildman–Crippen MR) is 78.7 cm³/mol. The highest BCUT2D eigenvalue weighted by Crippen LogP contribution is 2.18. The topological polar surface area (TPSA) is 75.6 Å². The second kappa shape index (κ2) is 6.80. The van der Waals surface area contributed by atoms with Crippen molar-refractivity contribution in [3.05, 3.63) is 35.4 Å². The summed E-state index contributed by atoms with van der Waals surface area (Å²) < 4.78 is 5.14. The van der Waals surface area contributed by atoms with Crippen molar-refractivity contribution in [3.63, 3.8) is 0 Å². The molecule has 1 aromatic rings. The molecule has 0 aliphatic heterocycles.